The van der Waals surface area contributed by atoms with Crippen LogP contribution in [0.2, 0.25) is 5.02 Å². The van der Waals surface area contributed by atoms with Crippen molar-refractivity contribution in [2.24, 2.45) is 0 Å². The lowest BCUT2D eigenvalue weighted by atomic mass is 10.0. The summed E-state index contributed by atoms with van der Waals surface area (Å²) in [7, 11) is 0. The molecule has 1 heterocycles. The number of nitrogens with zero attached hydrogens (tertiary/aromatic N) is 3. The van der Waals surface area contributed by atoms with Crippen molar-refractivity contribution in [2.45, 2.75) is 39.8 Å². The zero-order chi connectivity index (χ0) is 23.5. The van der Waals surface area contributed by atoms with Gasteiger partial charge in [-0.25, -0.2) is 9.48 Å². The molecule has 9 heteroatoms. The van der Waals surface area contributed by atoms with Gasteiger partial charge >= 0.3 is 5.97 Å². The van der Waals surface area contributed by atoms with E-state index in [-0.39, 0.29) is 23.5 Å². The minimum Gasteiger partial charge on any atom is -0.461 e. The lowest BCUT2D eigenvalue weighted by molar-refractivity contribution is -0.384. The molecule has 0 aliphatic rings. The van der Waals surface area contributed by atoms with Crippen LogP contribution in [0.3, 0.4) is 0 Å². The molecule has 0 radical (unpaired) electrons. The van der Waals surface area contributed by atoms with Crippen LogP contribution in [0.15, 0.2) is 48.5 Å². The Morgan fingerprint density at radius 2 is 1.78 bits per heavy atom. The first-order chi connectivity index (χ1) is 15.1. The van der Waals surface area contributed by atoms with Gasteiger partial charge in [0.15, 0.2) is 5.69 Å². The average Bonchev–Trinajstić information content (AvgIpc) is 3.12. The molecule has 0 atom stereocenters. The van der Waals surface area contributed by atoms with E-state index in [1.165, 1.54) is 12.1 Å². The Labute approximate surface area is 191 Å². The number of carbonyl (C=O) groups excluding carboxylic acids is 1. The third-order valence-electron chi connectivity index (χ3n) is 4.67. The van der Waals surface area contributed by atoms with Gasteiger partial charge in [-0.1, -0.05) is 11.6 Å². The van der Waals surface area contributed by atoms with Crippen LogP contribution in [0.25, 0.3) is 16.9 Å². The Kier molecular flexibility index (Phi) is 6.96. The van der Waals surface area contributed by atoms with E-state index in [4.69, 9.17) is 16.3 Å². The van der Waals surface area contributed by atoms with Crippen molar-refractivity contribution in [2.75, 3.05) is 6.61 Å². The van der Waals surface area contributed by atoms with Crippen LogP contribution in [-0.2, 0) is 11.3 Å². The molecule has 0 aliphatic heterocycles. The number of benzene rings is 2. The third-order valence-corrected chi connectivity index (χ3v) is 4.92. The number of halogens is 1. The van der Waals surface area contributed by atoms with E-state index in [1.807, 2.05) is 20.8 Å². The molecule has 8 nitrogen and oxygen atoms in total. The molecule has 0 saturated heterocycles. The van der Waals surface area contributed by atoms with Gasteiger partial charge in [0, 0.05) is 40.4 Å². The van der Waals surface area contributed by atoms with Gasteiger partial charge in [-0.05, 0) is 64.1 Å². The second kappa shape index (κ2) is 9.50. The second-order valence-corrected chi connectivity index (χ2v) is 8.63. The van der Waals surface area contributed by atoms with E-state index in [2.05, 4.69) is 10.4 Å². The second-order valence-electron chi connectivity index (χ2n) is 8.19. The normalized spacial score (nSPS) is 11.4. The number of hydrogen-bond donors (Lipinski definition) is 1. The smallest absolute Gasteiger partial charge is 0.359 e. The molecule has 0 bridgehead atoms. The number of nitro benzene ring substituents is 1. The maximum absolute atomic E-state index is 12.8. The number of non-ortho nitro benzene ring substituents is 1. The first-order valence-corrected chi connectivity index (χ1v) is 10.5. The molecule has 0 unspecified atom stereocenters. The fraction of sp³-hybridized carbons (Fsp3) is 0.304. The zero-order valence-corrected chi connectivity index (χ0v) is 19.1. The van der Waals surface area contributed by atoms with Gasteiger partial charge in [0.25, 0.3) is 5.69 Å². The van der Waals surface area contributed by atoms with Gasteiger partial charge in [0.1, 0.15) is 0 Å². The number of esters is 1. The van der Waals surface area contributed by atoms with Crippen molar-refractivity contribution >= 4 is 23.3 Å². The van der Waals surface area contributed by atoms with Crippen LogP contribution >= 0.6 is 11.6 Å². The molecule has 3 rings (SSSR count). The highest BCUT2D eigenvalue weighted by Gasteiger charge is 2.27. The monoisotopic (exact) mass is 456 g/mol. The number of rotatable bonds is 7. The van der Waals surface area contributed by atoms with Crippen molar-refractivity contribution < 1.29 is 14.5 Å². The topological polar surface area (TPSA) is 99.3 Å². The van der Waals surface area contributed by atoms with Crippen LogP contribution in [0.5, 0.6) is 0 Å². The average molecular weight is 457 g/mol. The Balaban J connectivity index is 2.25. The molecule has 0 amide bonds. The third kappa shape index (κ3) is 5.33. The maximum atomic E-state index is 12.8. The van der Waals surface area contributed by atoms with Crippen molar-refractivity contribution in [3.63, 3.8) is 0 Å². The van der Waals surface area contributed by atoms with Gasteiger partial charge in [0.05, 0.1) is 22.9 Å². The Bertz CT molecular complexity index is 1120. The summed E-state index contributed by atoms with van der Waals surface area (Å²) in [5, 5.41) is 19.7. The summed E-state index contributed by atoms with van der Waals surface area (Å²) in [4.78, 5) is 23.4. The fourth-order valence-electron chi connectivity index (χ4n) is 3.14. The van der Waals surface area contributed by atoms with E-state index in [0.29, 0.717) is 34.1 Å². The predicted molar refractivity (Wildman–Crippen MR) is 123 cm³/mol. The minimum absolute atomic E-state index is 0.0220. The van der Waals surface area contributed by atoms with Crippen molar-refractivity contribution in [1.29, 1.82) is 0 Å². The van der Waals surface area contributed by atoms with Crippen molar-refractivity contribution in [3.05, 3.63) is 74.9 Å². The highest BCUT2D eigenvalue weighted by Crippen LogP contribution is 2.32. The molecule has 1 N–H and O–H groups in total. The maximum Gasteiger partial charge on any atom is 0.359 e. The summed E-state index contributed by atoms with van der Waals surface area (Å²) in [6.07, 6.45) is 0. The Hall–Kier alpha value is -3.23. The number of nitro groups is 1. The van der Waals surface area contributed by atoms with Gasteiger partial charge < -0.3 is 10.1 Å². The minimum atomic E-state index is -0.533. The summed E-state index contributed by atoms with van der Waals surface area (Å²) < 4.78 is 6.90. The summed E-state index contributed by atoms with van der Waals surface area (Å²) in [6.45, 7) is 8.35. The van der Waals surface area contributed by atoms with Gasteiger partial charge in [0.2, 0.25) is 0 Å². The molecule has 168 valence electrons. The SMILES string of the molecule is CCOC(=O)c1nn(-c2ccc(Cl)cc2)c(-c2ccc([N+](=O)[O-])cc2)c1CNC(C)(C)C. The molecular weight excluding hydrogens is 432 g/mol. The van der Waals surface area contributed by atoms with Crippen molar-refractivity contribution in [1.82, 2.24) is 15.1 Å². The van der Waals surface area contributed by atoms with E-state index in [9.17, 15) is 14.9 Å². The number of nitrogens with one attached hydrogen (secondary N) is 1. The highest BCUT2D eigenvalue weighted by molar-refractivity contribution is 6.30. The van der Waals surface area contributed by atoms with Crippen LogP contribution in [0.4, 0.5) is 5.69 Å². The number of carbonyl (C=O) groups is 1. The van der Waals surface area contributed by atoms with E-state index < -0.39 is 10.9 Å². The largest absolute Gasteiger partial charge is 0.461 e. The first kappa shape index (κ1) is 23.4. The molecule has 0 fully saturated rings. The predicted octanol–water partition coefficient (Wildman–Crippen LogP) is 5.17. The quantitative estimate of drug-likeness (QED) is 0.299. The van der Waals surface area contributed by atoms with Crippen LogP contribution in [0.1, 0.15) is 43.7 Å². The number of ether oxygens (including phenoxy) is 1. The van der Waals surface area contributed by atoms with Crippen LogP contribution < -0.4 is 5.32 Å². The summed E-state index contributed by atoms with van der Waals surface area (Å²) in [5.41, 5.74) is 2.60. The van der Waals surface area contributed by atoms with Crippen LogP contribution in [0, 0.1) is 10.1 Å². The Morgan fingerprint density at radius 3 is 2.31 bits per heavy atom. The molecule has 32 heavy (non-hydrogen) atoms. The molecule has 1 aromatic heterocycles. The van der Waals surface area contributed by atoms with E-state index in [1.54, 1.807) is 48.0 Å². The van der Waals surface area contributed by atoms with Gasteiger partial charge in [-0.3, -0.25) is 10.1 Å². The lowest BCUT2D eigenvalue weighted by Gasteiger charge is -2.21. The van der Waals surface area contributed by atoms with E-state index >= 15 is 0 Å². The summed E-state index contributed by atoms with van der Waals surface area (Å²) in [5.74, 6) is -0.533. The fourth-order valence-corrected chi connectivity index (χ4v) is 3.27. The van der Waals surface area contributed by atoms with Crippen molar-refractivity contribution in [3.8, 4) is 16.9 Å². The molecule has 0 saturated carbocycles. The lowest BCUT2D eigenvalue weighted by Crippen LogP contribution is -2.35. The Morgan fingerprint density at radius 1 is 1.16 bits per heavy atom. The standard InChI is InChI=1S/C23H25ClN4O4/c1-5-32-22(29)20-19(14-25-23(2,3)4)21(15-6-10-18(11-7-15)28(30)31)27(26-20)17-12-8-16(24)9-13-17/h6-13,25H,5,14H2,1-4H3. The molecule has 2 aromatic carbocycles. The molecule has 0 aliphatic carbocycles. The van der Waals surface area contributed by atoms with Gasteiger partial charge in [-0.2, -0.15) is 5.10 Å². The van der Waals surface area contributed by atoms with E-state index in [0.717, 1.165) is 0 Å². The summed E-state index contributed by atoms with van der Waals surface area (Å²) >= 11 is 6.05. The molecule has 3 aromatic rings. The molecular formula is C23H25ClN4O4. The number of aromatic nitrogens is 2. The number of hydrogen-bond acceptors (Lipinski definition) is 6. The summed E-state index contributed by atoms with van der Waals surface area (Å²) in [6, 6.07) is 13.2. The first-order valence-electron chi connectivity index (χ1n) is 10.2. The highest BCUT2D eigenvalue weighted by atomic mass is 35.5. The zero-order valence-electron chi connectivity index (χ0n) is 18.4. The van der Waals surface area contributed by atoms with Gasteiger partial charge in [-0.15, -0.1) is 0 Å². The molecule has 0 spiro atoms. The van der Waals surface area contributed by atoms with Crippen LogP contribution in [-0.4, -0.2) is 32.8 Å².